The summed E-state index contributed by atoms with van der Waals surface area (Å²) in [5.41, 5.74) is 3.14. The average molecular weight is 268 g/mol. The summed E-state index contributed by atoms with van der Waals surface area (Å²) in [4.78, 5) is 0. The van der Waals surface area contributed by atoms with E-state index in [0.717, 1.165) is 0 Å². The summed E-state index contributed by atoms with van der Waals surface area (Å²) < 4.78 is 0. The molecule has 21 heavy (non-hydrogen) atoms. The molecule has 0 heterocycles. The topological polar surface area (TPSA) is 0 Å². The van der Waals surface area contributed by atoms with Crippen LogP contribution in [0, 0.1) is 0 Å². The first-order valence-corrected chi connectivity index (χ1v) is 7.77. The predicted octanol–water partition coefficient (Wildman–Crippen LogP) is 5.63. The van der Waals surface area contributed by atoms with Crippen LogP contribution in [0.3, 0.4) is 0 Å². The molecule has 1 aliphatic rings. The highest BCUT2D eigenvalue weighted by molar-refractivity contribution is 6.17. The van der Waals surface area contributed by atoms with Crippen LogP contribution in [0.2, 0.25) is 0 Å². The number of fused-ring (bicyclic) bond motifs is 7. The second-order valence-electron chi connectivity index (χ2n) is 6.10. The van der Waals surface area contributed by atoms with Crippen molar-refractivity contribution in [2.24, 2.45) is 0 Å². The van der Waals surface area contributed by atoms with Gasteiger partial charge in [-0.25, -0.2) is 0 Å². The minimum absolute atomic E-state index is 1.24. The quantitative estimate of drug-likeness (QED) is 0.362. The van der Waals surface area contributed by atoms with Crippen molar-refractivity contribution in [1.82, 2.24) is 0 Å². The summed E-state index contributed by atoms with van der Waals surface area (Å²) in [5.74, 6) is 0. The van der Waals surface area contributed by atoms with Gasteiger partial charge in [0, 0.05) is 0 Å². The Balaban J connectivity index is 1.99. The molecule has 4 aromatic carbocycles. The zero-order valence-electron chi connectivity index (χ0n) is 11.9. The van der Waals surface area contributed by atoms with Crippen LogP contribution in [0.4, 0.5) is 0 Å². The molecule has 100 valence electrons. The maximum absolute atomic E-state index is 2.35. The SMILES string of the molecule is c1ccc2c(c1)ccc1c3ccc4c(c3ccc21)CCC4. The monoisotopic (exact) mass is 268 g/mol. The maximum Gasteiger partial charge on any atom is -0.00989 e. The van der Waals surface area contributed by atoms with Gasteiger partial charge in [-0.05, 0) is 62.7 Å². The van der Waals surface area contributed by atoms with Crippen molar-refractivity contribution in [2.75, 3.05) is 0 Å². The van der Waals surface area contributed by atoms with Crippen molar-refractivity contribution in [3.05, 3.63) is 71.8 Å². The second-order valence-corrected chi connectivity index (χ2v) is 6.10. The van der Waals surface area contributed by atoms with Gasteiger partial charge < -0.3 is 0 Å². The fourth-order valence-electron chi connectivity index (χ4n) is 4.00. The molecule has 0 saturated heterocycles. The lowest BCUT2D eigenvalue weighted by molar-refractivity contribution is 0.913. The maximum atomic E-state index is 2.35. The van der Waals surface area contributed by atoms with E-state index in [1.165, 1.54) is 51.6 Å². The average Bonchev–Trinajstić information content (AvgIpc) is 3.03. The van der Waals surface area contributed by atoms with Crippen LogP contribution in [0.25, 0.3) is 32.3 Å². The molecular weight excluding hydrogens is 252 g/mol. The Morgan fingerprint density at radius 1 is 0.524 bits per heavy atom. The molecule has 0 radical (unpaired) electrons. The number of rotatable bonds is 0. The van der Waals surface area contributed by atoms with E-state index >= 15 is 0 Å². The van der Waals surface area contributed by atoms with Crippen molar-refractivity contribution in [1.29, 1.82) is 0 Å². The summed E-state index contributed by atoms with van der Waals surface area (Å²) in [5, 5.41) is 8.33. The van der Waals surface area contributed by atoms with Crippen molar-refractivity contribution < 1.29 is 0 Å². The summed E-state index contributed by atoms with van der Waals surface area (Å²) in [6.07, 6.45) is 3.80. The summed E-state index contributed by atoms with van der Waals surface area (Å²) in [6, 6.07) is 22.6. The van der Waals surface area contributed by atoms with E-state index in [1.54, 1.807) is 11.1 Å². The van der Waals surface area contributed by atoms with Crippen LogP contribution >= 0.6 is 0 Å². The highest BCUT2D eigenvalue weighted by Gasteiger charge is 2.15. The highest BCUT2D eigenvalue weighted by Crippen LogP contribution is 2.36. The van der Waals surface area contributed by atoms with Gasteiger partial charge in [0.25, 0.3) is 0 Å². The fraction of sp³-hybridized carbons (Fsp3) is 0.143. The Bertz CT molecular complexity index is 1010. The molecule has 0 fully saturated rings. The number of benzene rings is 4. The minimum atomic E-state index is 1.24. The van der Waals surface area contributed by atoms with Gasteiger partial charge in [-0.1, -0.05) is 60.7 Å². The normalized spacial score (nSPS) is 14.1. The third kappa shape index (κ3) is 1.50. The van der Waals surface area contributed by atoms with Crippen LogP contribution in [-0.4, -0.2) is 0 Å². The number of aryl methyl sites for hydroxylation is 2. The molecule has 0 aromatic heterocycles. The number of hydrogen-bond donors (Lipinski definition) is 0. The van der Waals surface area contributed by atoms with E-state index in [2.05, 4.69) is 60.7 Å². The fourth-order valence-corrected chi connectivity index (χ4v) is 4.00. The van der Waals surface area contributed by atoms with Crippen LogP contribution in [-0.2, 0) is 12.8 Å². The Hall–Kier alpha value is -2.34. The summed E-state index contributed by atoms with van der Waals surface area (Å²) in [6.45, 7) is 0. The van der Waals surface area contributed by atoms with Crippen LogP contribution < -0.4 is 0 Å². The lowest BCUT2D eigenvalue weighted by atomic mass is 9.94. The zero-order chi connectivity index (χ0) is 13.8. The van der Waals surface area contributed by atoms with Crippen molar-refractivity contribution >= 4 is 32.3 Å². The Labute approximate surface area is 124 Å². The second kappa shape index (κ2) is 4.08. The largest absolute Gasteiger partial charge is 0.0616 e. The van der Waals surface area contributed by atoms with Gasteiger partial charge in [-0.15, -0.1) is 0 Å². The molecule has 0 heteroatoms. The minimum Gasteiger partial charge on any atom is -0.0616 e. The first-order chi connectivity index (χ1) is 10.4. The molecule has 5 rings (SSSR count). The molecule has 0 nitrogen and oxygen atoms in total. The van der Waals surface area contributed by atoms with Gasteiger partial charge in [0.2, 0.25) is 0 Å². The van der Waals surface area contributed by atoms with Gasteiger partial charge in [-0.2, -0.15) is 0 Å². The Morgan fingerprint density at radius 2 is 1.24 bits per heavy atom. The van der Waals surface area contributed by atoms with E-state index in [0.29, 0.717) is 0 Å². The first kappa shape index (κ1) is 11.3. The van der Waals surface area contributed by atoms with E-state index in [1.807, 2.05) is 0 Å². The Kier molecular flexibility index (Phi) is 2.20. The highest BCUT2D eigenvalue weighted by atomic mass is 14.2. The van der Waals surface area contributed by atoms with E-state index in [-0.39, 0.29) is 0 Å². The summed E-state index contributed by atoms with van der Waals surface area (Å²) in [7, 11) is 0. The molecular formula is C21H16. The zero-order valence-corrected chi connectivity index (χ0v) is 11.9. The first-order valence-electron chi connectivity index (χ1n) is 7.77. The smallest absolute Gasteiger partial charge is 0.00989 e. The molecule has 0 bridgehead atoms. The predicted molar refractivity (Wildman–Crippen MR) is 91.0 cm³/mol. The van der Waals surface area contributed by atoms with Gasteiger partial charge in [0.15, 0.2) is 0 Å². The van der Waals surface area contributed by atoms with E-state index in [9.17, 15) is 0 Å². The molecule has 4 aromatic rings. The van der Waals surface area contributed by atoms with Gasteiger partial charge in [0.1, 0.15) is 0 Å². The molecule has 0 amide bonds. The number of hydrogen-bond acceptors (Lipinski definition) is 0. The molecule has 0 atom stereocenters. The van der Waals surface area contributed by atoms with Gasteiger partial charge >= 0.3 is 0 Å². The van der Waals surface area contributed by atoms with Gasteiger partial charge in [0.05, 0.1) is 0 Å². The standard InChI is InChI=1S/C21H16/c1-2-6-16-14(4-1)8-10-20-18(16)12-13-19-17-7-3-5-15(17)9-11-21(19)20/h1-2,4,6,8-13H,3,5,7H2. The summed E-state index contributed by atoms with van der Waals surface area (Å²) >= 11 is 0. The lowest BCUT2D eigenvalue weighted by Crippen LogP contribution is -1.87. The molecule has 0 saturated carbocycles. The molecule has 0 N–H and O–H groups in total. The molecule has 0 spiro atoms. The molecule has 0 aliphatic heterocycles. The third-order valence-electron chi connectivity index (χ3n) is 5.00. The molecule has 1 aliphatic carbocycles. The third-order valence-corrected chi connectivity index (χ3v) is 5.00. The van der Waals surface area contributed by atoms with Crippen molar-refractivity contribution in [3.63, 3.8) is 0 Å². The van der Waals surface area contributed by atoms with E-state index < -0.39 is 0 Å². The van der Waals surface area contributed by atoms with E-state index in [4.69, 9.17) is 0 Å². The Morgan fingerprint density at radius 3 is 2.24 bits per heavy atom. The van der Waals surface area contributed by atoms with Crippen molar-refractivity contribution in [2.45, 2.75) is 19.3 Å². The van der Waals surface area contributed by atoms with Crippen LogP contribution in [0.1, 0.15) is 17.5 Å². The molecule has 0 unspecified atom stereocenters. The van der Waals surface area contributed by atoms with Gasteiger partial charge in [-0.3, -0.25) is 0 Å². The van der Waals surface area contributed by atoms with Crippen LogP contribution in [0.15, 0.2) is 60.7 Å². The van der Waals surface area contributed by atoms with Crippen LogP contribution in [0.5, 0.6) is 0 Å². The lowest BCUT2D eigenvalue weighted by Gasteiger charge is -2.10. The van der Waals surface area contributed by atoms with Crippen molar-refractivity contribution in [3.8, 4) is 0 Å².